The molecular formula is C15H15BrFNO. The fraction of sp³-hybridized carbons (Fsp3) is 0.200. The van der Waals surface area contributed by atoms with E-state index in [9.17, 15) is 4.39 Å². The van der Waals surface area contributed by atoms with E-state index < -0.39 is 0 Å². The normalized spacial score (nSPS) is 12.3. The van der Waals surface area contributed by atoms with Gasteiger partial charge >= 0.3 is 0 Å². The summed E-state index contributed by atoms with van der Waals surface area (Å²) in [4.78, 5) is 0. The fourth-order valence-corrected chi connectivity index (χ4v) is 2.12. The molecule has 0 aliphatic heterocycles. The van der Waals surface area contributed by atoms with Crippen molar-refractivity contribution in [2.75, 3.05) is 0 Å². The molecule has 4 heteroatoms. The van der Waals surface area contributed by atoms with Gasteiger partial charge in [0.05, 0.1) is 0 Å². The minimum Gasteiger partial charge on any atom is -0.454 e. The summed E-state index contributed by atoms with van der Waals surface area (Å²) in [5.41, 5.74) is 7.67. The number of halogens is 2. The summed E-state index contributed by atoms with van der Waals surface area (Å²) in [5, 5.41) is 0. The summed E-state index contributed by atoms with van der Waals surface area (Å²) in [6, 6.07) is 10.1. The largest absolute Gasteiger partial charge is 0.454 e. The first-order chi connectivity index (χ1) is 8.97. The standard InChI is InChI=1S/C15H15BrFNO/c1-9-3-6-13(17)15(7-9)19-14-8-11(16)4-5-12(14)10(2)18/h3-8,10H,18H2,1-2H3. The Hall–Kier alpha value is -1.39. The fourth-order valence-electron chi connectivity index (χ4n) is 1.78. The Labute approximate surface area is 120 Å². The molecule has 100 valence electrons. The molecule has 0 saturated heterocycles. The maximum atomic E-state index is 13.7. The minimum atomic E-state index is -0.388. The van der Waals surface area contributed by atoms with Crippen LogP contribution < -0.4 is 10.5 Å². The molecule has 0 aliphatic rings. The van der Waals surface area contributed by atoms with Crippen molar-refractivity contribution in [1.82, 2.24) is 0 Å². The Morgan fingerprint density at radius 3 is 2.58 bits per heavy atom. The molecule has 0 heterocycles. The van der Waals surface area contributed by atoms with Gasteiger partial charge in [0.25, 0.3) is 0 Å². The van der Waals surface area contributed by atoms with Gasteiger partial charge < -0.3 is 10.5 Å². The molecule has 0 aromatic heterocycles. The van der Waals surface area contributed by atoms with E-state index in [-0.39, 0.29) is 17.6 Å². The highest BCUT2D eigenvalue weighted by molar-refractivity contribution is 9.10. The van der Waals surface area contributed by atoms with Gasteiger partial charge in [-0.05, 0) is 43.7 Å². The van der Waals surface area contributed by atoms with E-state index in [0.717, 1.165) is 15.6 Å². The molecule has 0 radical (unpaired) electrons. The molecule has 0 fully saturated rings. The quantitative estimate of drug-likeness (QED) is 0.887. The third kappa shape index (κ3) is 3.33. The van der Waals surface area contributed by atoms with Gasteiger partial charge in [-0.15, -0.1) is 0 Å². The molecule has 0 amide bonds. The van der Waals surface area contributed by atoms with Gasteiger partial charge in [0.2, 0.25) is 0 Å². The van der Waals surface area contributed by atoms with Gasteiger partial charge in [0.1, 0.15) is 5.75 Å². The Balaban J connectivity index is 2.42. The van der Waals surface area contributed by atoms with Crippen molar-refractivity contribution < 1.29 is 9.13 Å². The SMILES string of the molecule is Cc1ccc(F)c(Oc2cc(Br)ccc2C(C)N)c1. The molecular weight excluding hydrogens is 309 g/mol. The van der Waals surface area contributed by atoms with E-state index in [4.69, 9.17) is 10.5 Å². The van der Waals surface area contributed by atoms with Crippen molar-refractivity contribution in [1.29, 1.82) is 0 Å². The van der Waals surface area contributed by atoms with Crippen LogP contribution in [0, 0.1) is 12.7 Å². The van der Waals surface area contributed by atoms with Gasteiger partial charge in [-0.1, -0.05) is 28.1 Å². The minimum absolute atomic E-state index is 0.184. The lowest BCUT2D eigenvalue weighted by Crippen LogP contribution is -2.06. The Morgan fingerprint density at radius 1 is 1.16 bits per heavy atom. The lowest BCUT2D eigenvalue weighted by atomic mass is 10.1. The van der Waals surface area contributed by atoms with Crippen LogP contribution in [-0.4, -0.2) is 0 Å². The van der Waals surface area contributed by atoms with Crippen LogP contribution in [0.2, 0.25) is 0 Å². The maximum Gasteiger partial charge on any atom is 0.165 e. The van der Waals surface area contributed by atoms with Crippen molar-refractivity contribution in [3.8, 4) is 11.5 Å². The first-order valence-electron chi connectivity index (χ1n) is 5.96. The molecule has 1 atom stereocenters. The Morgan fingerprint density at radius 2 is 1.89 bits per heavy atom. The van der Waals surface area contributed by atoms with Crippen LogP contribution in [0.1, 0.15) is 24.1 Å². The predicted octanol–water partition coefficient (Wildman–Crippen LogP) is 4.71. The number of ether oxygens (including phenoxy) is 1. The molecule has 0 saturated carbocycles. The second kappa shape index (κ2) is 5.72. The van der Waals surface area contributed by atoms with Gasteiger partial charge in [-0.25, -0.2) is 4.39 Å². The molecule has 19 heavy (non-hydrogen) atoms. The zero-order chi connectivity index (χ0) is 14.0. The van der Waals surface area contributed by atoms with Gasteiger partial charge in [-0.2, -0.15) is 0 Å². The molecule has 0 spiro atoms. The highest BCUT2D eigenvalue weighted by Gasteiger charge is 2.12. The smallest absolute Gasteiger partial charge is 0.165 e. The van der Waals surface area contributed by atoms with Crippen LogP contribution >= 0.6 is 15.9 Å². The number of rotatable bonds is 3. The van der Waals surface area contributed by atoms with Crippen LogP contribution in [0.25, 0.3) is 0 Å². The molecule has 0 bridgehead atoms. The summed E-state index contributed by atoms with van der Waals surface area (Å²) < 4.78 is 20.3. The lowest BCUT2D eigenvalue weighted by molar-refractivity contribution is 0.434. The van der Waals surface area contributed by atoms with Crippen LogP contribution in [-0.2, 0) is 0 Å². The van der Waals surface area contributed by atoms with Crippen LogP contribution in [0.15, 0.2) is 40.9 Å². The number of hydrogen-bond acceptors (Lipinski definition) is 2. The van der Waals surface area contributed by atoms with E-state index in [1.807, 2.05) is 26.0 Å². The van der Waals surface area contributed by atoms with Gasteiger partial charge in [0.15, 0.2) is 11.6 Å². The molecule has 2 aromatic carbocycles. The zero-order valence-electron chi connectivity index (χ0n) is 10.8. The third-order valence-corrected chi connectivity index (χ3v) is 3.27. The van der Waals surface area contributed by atoms with Crippen LogP contribution in [0.4, 0.5) is 4.39 Å². The summed E-state index contributed by atoms with van der Waals surface area (Å²) in [6.45, 7) is 3.75. The maximum absolute atomic E-state index is 13.7. The van der Waals surface area contributed by atoms with Crippen molar-refractivity contribution in [3.05, 3.63) is 57.8 Å². The Bertz CT molecular complexity index is 599. The summed E-state index contributed by atoms with van der Waals surface area (Å²) in [6.07, 6.45) is 0. The van der Waals surface area contributed by atoms with E-state index in [1.165, 1.54) is 6.07 Å². The molecule has 2 rings (SSSR count). The first-order valence-corrected chi connectivity index (χ1v) is 6.75. The lowest BCUT2D eigenvalue weighted by Gasteiger charge is -2.15. The number of benzene rings is 2. The third-order valence-electron chi connectivity index (χ3n) is 2.77. The Kier molecular flexibility index (Phi) is 4.22. The van der Waals surface area contributed by atoms with E-state index in [0.29, 0.717) is 5.75 Å². The highest BCUT2D eigenvalue weighted by atomic mass is 79.9. The van der Waals surface area contributed by atoms with Crippen LogP contribution in [0.3, 0.4) is 0 Å². The molecule has 2 aromatic rings. The van der Waals surface area contributed by atoms with Crippen molar-refractivity contribution in [2.45, 2.75) is 19.9 Å². The van der Waals surface area contributed by atoms with Gasteiger partial charge in [-0.3, -0.25) is 0 Å². The molecule has 0 aliphatic carbocycles. The number of hydrogen-bond donors (Lipinski definition) is 1. The summed E-state index contributed by atoms with van der Waals surface area (Å²) >= 11 is 3.38. The van der Waals surface area contributed by atoms with E-state index in [1.54, 1.807) is 18.2 Å². The number of aryl methyl sites for hydroxylation is 1. The zero-order valence-corrected chi connectivity index (χ0v) is 12.4. The molecule has 2 nitrogen and oxygen atoms in total. The van der Waals surface area contributed by atoms with Crippen LogP contribution in [0.5, 0.6) is 11.5 Å². The van der Waals surface area contributed by atoms with E-state index >= 15 is 0 Å². The second-order valence-electron chi connectivity index (χ2n) is 4.51. The first kappa shape index (κ1) is 14.0. The van der Waals surface area contributed by atoms with Crippen molar-refractivity contribution >= 4 is 15.9 Å². The monoisotopic (exact) mass is 323 g/mol. The highest BCUT2D eigenvalue weighted by Crippen LogP contribution is 2.33. The summed E-state index contributed by atoms with van der Waals surface area (Å²) in [7, 11) is 0. The second-order valence-corrected chi connectivity index (χ2v) is 5.42. The topological polar surface area (TPSA) is 35.2 Å². The van der Waals surface area contributed by atoms with Gasteiger partial charge in [0, 0.05) is 16.1 Å². The number of nitrogens with two attached hydrogens (primary N) is 1. The average Bonchev–Trinajstić information content (AvgIpc) is 2.33. The average molecular weight is 324 g/mol. The van der Waals surface area contributed by atoms with E-state index in [2.05, 4.69) is 15.9 Å². The van der Waals surface area contributed by atoms with Crippen molar-refractivity contribution in [2.24, 2.45) is 5.73 Å². The molecule has 2 N–H and O–H groups in total. The van der Waals surface area contributed by atoms with Crippen molar-refractivity contribution in [3.63, 3.8) is 0 Å². The summed E-state index contributed by atoms with van der Waals surface area (Å²) in [5.74, 6) is 0.384. The predicted molar refractivity (Wildman–Crippen MR) is 78.0 cm³/mol. The molecule has 1 unspecified atom stereocenters.